The van der Waals surface area contributed by atoms with Crippen molar-refractivity contribution >= 4 is 44.7 Å². The molecule has 2 N–H and O–H groups in total. The maximum absolute atomic E-state index is 5.72. The highest BCUT2D eigenvalue weighted by Crippen LogP contribution is 2.31. The highest BCUT2D eigenvalue weighted by Gasteiger charge is 2.02. The van der Waals surface area contributed by atoms with Crippen LogP contribution < -0.4 is 5.73 Å². The molecule has 1 aromatic carbocycles. The highest BCUT2D eigenvalue weighted by atomic mass is 79.9. The summed E-state index contributed by atoms with van der Waals surface area (Å²) in [6, 6.07) is 10.3. The maximum Gasteiger partial charge on any atom is 0.0701 e. The Morgan fingerprint density at radius 2 is 2.12 bits per heavy atom. The predicted molar refractivity (Wildman–Crippen MR) is 77.2 cm³/mol. The number of benzene rings is 1. The van der Waals surface area contributed by atoms with Gasteiger partial charge in [0.25, 0.3) is 0 Å². The van der Waals surface area contributed by atoms with Crippen molar-refractivity contribution in [2.24, 2.45) is 0 Å². The standard InChI is InChI=1S/C12H12BrNS2/c1-8-6-9(14)2-4-11(8)15-7-10-3-5-12(13)16-10/h2-6H,7,14H2,1H3. The Labute approximate surface area is 112 Å². The number of thioether (sulfide) groups is 1. The lowest BCUT2D eigenvalue weighted by Crippen LogP contribution is -1.87. The molecule has 0 aliphatic heterocycles. The van der Waals surface area contributed by atoms with Gasteiger partial charge in [0, 0.05) is 21.2 Å². The van der Waals surface area contributed by atoms with Gasteiger partial charge in [-0.25, -0.2) is 0 Å². The van der Waals surface area contributed by atoms with Crippen LogP contribution in [-0.2, 0) is 5.75 Å². The molecule has 4 heteroatoms. The van der Waals surface area contributed by atoms with E-state index in [1.165, 1.54) is 19.1 Å². The summed E-state index contributed by atoms with van der Waals surface area (Å²) in [6.07, 6.45) is 0. The highest BCUT2D eigenvalue weighted by molar-refractivity contribution is 9.11. The van der Waals surface area contributed by atoms with Crippen LogP contribution in [0.4, 0.5) is 5.69 Å². The molecule has 84 valence electrons. The average Bonchev–Trinajstić information content (AvgIpc) is 2.63. The zero-order chi connectivity index (χ0) is 11.5. The van der Waals surface area contributed by atoms with Crippen LogP contribution in [0.2, 0.25) is 0 Å². The molecule has 0 aliphatic carbocycles. The molecule has 0 bridgehead atoms. The Bertz CT molecular complexity index is 494. The number of hydrogen-bond acceptors (Lipinski definition) is 3. The lowest BCUT2D eigenvalue weighted by molar-refractivity contribution is 1.30. The van der Waals surface area contributed by atoms with E-state index in [0.717, 1.165) is 11.4 Å². The Balaban J connectivity index is 2.04. The van der Waals surface area contributed by atoms with Crippen LogP contribution in [0.15, 0.2) is 39.0 Å². The molecule has 0 saturated heterocycles. The Morgan fingerprint density at radius 1 is 1.31 bits per heavy atom. The van der Waals surface area contributed by atoms with E-state index >= 15 is 0 Å². The molecule has 0 spiro atoms. The van der Waals surface area contributed by atoms with Gasteiger partial charge in [-0.3, -0.25) is 0 Å². The Morgan fingerprint density at radius 3 is 2.75 bits per heavy atom. The Kier molecular flexibility index (Phi) is 3.95. The molecular formula is C12H12BrNS2. The minimum atomic E-state index is 0.834. The van der Waals surface area contributed by atoms with Gasteiger partial charge in [-0.15, -0.1) is 23.1 Å². The number of aryl methyl sites for hydroxylation is 1. The predicted octanol–water partition coefficient (Wildman–Crippen LogP) is 4.69. The topological polar surface area (TPSA) is 26.0 Å². The van der Waals surface area contributed by atoms with Crippen molar-refractivity contribution < 1.29 is 0 Å². The van der Waals surface area contributed by atoms with Gasteiger partial charge in [-0.1, -0.05) is 0 Å². The van der Waals surface area contributed by atoms with E-state index in [4.69, 9.17) is 5.73 Å². The first kappa shape index (κ1) is 12.0. The van der Waals surface area contributed by atoms with E-state index in [9.17, 15) is 0 Å². The molecule has 1 nitrogen and oxygen atoms in total. The number of halogens is 1. The number of rotatable bonds is 3. The molecular weight excluding hydrogens is 302 g/mol. The summed E-state index contributed by atoms with van der Waals surface area (Å²) in [5, 5.41) is 0. The number of thiophene rings is 1. The third-order valence-electron chi connectivity index (χ3n) is 2.20. The lowest BCUT2D eigenvalue weighted by atomic mass is 10.2. The summed E-state index contributed by atoms with van der Waals surface area (Å²) in [5.41, 5.74) is 7.81. The fourth-order valence-electron chi connectivity index (χ4n) is 1.41. The van der Waals surface area contributed by atoms with Gasteiger partial charge in [0.15, 0.2) is 0 Å². The molecule has 1 aromatic heterocycles. The lowest BCUT2D eigenvalue weighted by Gasteiger charge is -2.05. The molecule has 0 amide bonds. The number of anilines is 1. The summed E-state index contributed by atoms with van der Waals surface area (Å²) >= 11 is 7.12. The van der Waals surface area contributed by atoms with Crippen molar-refractivity contribution in [1.29, 1.82) is 0 Å². The van der Waals surface area contributed by atoms with Crippen LogP contribution in [0.3, 0.4) is 0 Å². The second kappa shape index (κ2) is 5.25. The summed E-state index contributed by atoms with van der Waals surface area (Å²) in [5.74, 6) is 1.01. The van der Waals surface area contributed by atoms with Crippen LogP contribution in [0.25, 0.3) is 0 Å². The molecule has 1 heterocycles. The zero-order valence-corrected chi connectivity index (χ0v) is 12.1. The van der Waals surface area contributed by atoms with E-state index in [-0.39, 0.29) is 0 Å². The third-order valence-corrected chi connectivity index (χ3v) is 5.23. The van der Waals surface area contributed by atoms with Crippen LogP contribution in [0.1, 0.15) is 10.4 Å². The maximum atomic E-state index is 5.72. The van der Waals surface area contributed by atoms with Crippen molar-refractivity contribution in [2.75, 3.05) is 5.73 Å². The molecule has 0 unspecified atom stereocenters. The van der Waals surface area contributed by atoms with Gasteiger partial charge in [-0.2, -0.15) is 0 Å². The first-order valence-corrected chi connectivity index (χ1v) is 7.48. The van der Waals surface area contributed by atoms with E-state index < -0.39 is 0 Å². The first-order valence-electron chi connectivity index (χ1n) is 4.88. The first-order chi connectivity index (χ1) is 7.65. The monoisotopic (exact) mass is 313 g/mol. The van der Waals surface area contributed by atoms with Crippen molar-refractivity contribution in [3.63, 3.8) is 0 Å². The smallest absolute Gasteiger partial charge is 0.0701 e. The fourth-order valence-corrected chi connectivity index (χ4v) is 3.95. The number of nitrogens with two attached hydrogens (primary N) is 1. The molecule has 0 aliphatic rings. The summed E-state index contributed by atoms with van der Waals surface area (Å²) < 4.78 is 1.19. The minimum absolute atomic E-state index is 0.834. The fraction of sp³-hybridized carbons (Fsp3) is 0.167. The van der Waals surface area contributed by atoms with E-state index in [1.54, 1.807) is 11.3 Å². The van der Waals surface area contributed by atoms with Crippen LogP contribution >= 0.6 is 39.0 Å². The minimum Gasteiger partial charge on any atom is -0.399 e. The van der Waals surface area contributed by atoms with Crippen LogP contribution in [0, 0.1) is 6.92 Å². The van der Waals surface area contributed by atoms with Gasteiger partial charge >= 0.3 is 0 Å². The number of nitrogen functional groups attached to an aromatic ring is 1. The quantitative estimate of drug-likeness (QED) is 0.657. The average molecular weight is 314 g/mol. The number of hydrogen-bond donors (Lipinski definition) is 1. The van der Waals surface area contributed by atoms with Crippen molar-refractivity contribution in [2.45, 2.75) is 17.6 Å². The molecule has 0 radical (unpaired) electrons. The van der Waals surface area contributed by atoms with Gasteiger partial charge in [0.05, 0.1) is 3.79 Å². The molecule has 2 rings (SSSR count). The van der Waals surface area contributed by atoms with E-state index in [2.05, 4.69) is 41.1 Å². The largest absolute Gasteiger partial charge is 0.399 e. The van der Waals surface area contributed by atoms with Gasteiger partial charge in [0.2, 0.25) is 0 Å². The van der Waals surface area contributed by atoms with Crippen LogP contribution in [-0.4, -0.2) is 0 Å². The van der Waals surface area contributed by atoms with Gasteiger partial charge < -0.3 is 5.73 Å². The molecule has 0 saturated carbocycles. The second-order valence-electron chi connectivity index (χ2n) is 3.52. The van der Waals surface area contributed by atoms with E-state index in [0.29, 0.717) is 0 Å². The van der Waals surface area contributed by atoms with Gasteiger partial charge in [0.1, 0.15) is 0 Å². The molecule has 2 aromatic rings. The molecule has 16 heavy (non-hydrogen) atoms. The SMILES string of the molecule is Cc1cc(N)ccc1SCc1ccc(Br)s1. The third kappa shape index (κ3) is 3.03. The summed E-state index contributed by atoms with van der Waals surface area (Å²) in [7, 11) is 0. The molecule has 0 fully saturated rings. The van der Waals surface area contributed by atoms with Crippen molar-refractivity contribution in [1.82, 2.24) is 0 Å². The Hall–Kier alpha value is -0.450. The van der Waals surface area contributed by atoms with Gasteiger partial charge in [-0.05, 0) is 58.7 Å². The van der Waals surface area contributed by atoms with Crippen LogP contribution in [0.5, 0.6) is 0 Å². The normalized spacial score (nSPS) is 10.6. The zero-order valence-electron chi connectivity index (χ0n) is 8.87. The second-order valence-corrected chi connectivity index (χ2v) is 7.08. The summed E-state index contributed by atoms with van der Waals surface area (Å²) in [4.78, 5) is 2.69. The molecule has 0 atom stereocenters. The van der Waals surface area contributed by atoms with Crippen molar-refractivity contribution in [3.8, 4) is 0 Å². The summed E-state index contributed by atoms with van der Waals surface area (Å²) in [6.45, 7) is 2.10. The van der Waals surface area contributed by atoms with Crippen molar-refractivity contribution in [3.05, 3.63) is 44.6 Å². The van der Waals surface area contributed by atoms with E-state index in [1.807, 2.05) is 23.9 Å².